The minimum Gasteiger partial charge on any atom is -0.431 e. The minimum absolute atomic E-state index is 0.0452. The minimum atomic E-state index is -0.148. The molecule has 2 aromatic rings. The van der Waals surface area contributed by atoms with Gasteiger partial charge in [-0.1, -0.05) is 6.07 Å². The maximum absolute atomic E-state index is 11.4. The number of hydrogen-bond donors (Lipinski definition) is 0. The summed E-state index contributed by atoms with van der Waals surface area (Å²) in [4.78, 5) is 15.5. The highest BCUT2D eigenvalue weighted by Gasteiger charge is 2.13. The molecule has 0 aliphatic carbocycles. The molecular weight excluding hydrogens is 316 g/mol. The Morgan fingerprint density at radius 3 is 3.07 bits per heavy atom. The van der Waals surface area contributed by atoms with E-state index in [4.69, 9.17) is 16.0 Å². The SMILES string of the molecule is O=C(CCl)c1cccc2nc(I)oc12. The number of fused-ring (bicyclic) bond motifs is 1. The number of halogens is 2. The molecule has 0 saturated heterocycles. The van der Waals surface area contributed by atoms with Gasteiger partial charge in [-0.3, -0.25) is 4.79 Å². The standard InChI is InChI=1S/C9H5ClINO2/c10-4-7(13)5-2-1-3-6-8(5)14-9(11)12-6/h1-3H,4H2. The van der Waals surface area contributed by atoms with Crippen LogP contribution in [-0.4, -0.2) is 16.6 Å². The number of nitrogens with zero attached hydrogens (tertiary/aromatic N) is 1. The zero-order valence-electron chi connectivity index (χ0n) is 6.96. The van der Waals surface area contributed by atoms with Gasteiger partial charge in [-0.2, -0.15) is 0 Å². The molecule has 1 aromatic heterocycles. The molecule has 14 heavy (non-hydrogen) atoms. The van der Waals surface area contributed by atoms with Crippen LogP contribution in [0.3, 0.4) is 0 Å². The lowest BCUT2D eigenvalue weighted by Gasteiger charge is -1.95. The number of para-hydroxylation sites is 1. The van der Waals surface area contributed by atoms with Crippen LogP contribution in [0.2, 0.25) is 0 Å². The number of hydrogen-bond acceptors (Lipinski definition) is 3. The van der Waals surface area contributed by atoms with Crippen molar-refractivity contribution in [1.82, 2.24) is 4.98 Å². The van der Waals surface area contributed by atoms with Crippen LogP contribution in [0.5, 0.6) is 0 Å². The van der Waals surface area contributed by atoms with Crippen LogP contribution in [-0.2, 0) is 0 Å². The molecule has 0 bridgehead atoms. The molecule has 0 amide bonds. The van der Waals surface area contributed by atoms with Gasteiger partial charge in [0.15, 0.2) is 11.4 Å². The summed E-state index contributed by atoms with van der Waals surface area (Å²) >= 11 is 7.44. The highest BCUT2D eigenvalue weighted by atomic mass is 127. The Morgan fingerprint density at radius 2 is 2.36 bits per heavy atom. The fourth-order valence-electron chi connectivity index (χ4n) is 1.21. The van der Waals surface area contributed by atoms with Gasteiger partial charge in [0.2, 0.25) is 0 Å². The van der Waals surface area contributed by atoms with Gasteiger partial charge in [0, 0.05) is 22.6 Å². The van der Waals surface area contributed by atoms with Crippen LogP contribution in [0.1, 0.15) is 10.4 Å². The number of aromatic nitrogens is 1. The van der Waals surface area contributed by atoms with Crippen molar-refractivity contribution in [3.8, 4) is 0 Å². The normalized spacial score (nSPS) is 10.7. The highest BCUT2D eigenvalue weighted by Crippen LogP contribution is 2.21. The van der Waals surface area contributed by atoms with E-state index in [-0.39, 0.29) is 11.7 Å². The van der Waals surface area contributed by atoms with Gasteiger partial charge in [0.25, 0.3) is 3.90 Å². The molecule has 0 aliphatic rings. The quantitative estimate of drug-likeness (QED) is 0.485. The first-order valence-electron chi connectivity index (χ1n) is 3.86. The molecule has 0 spiro atoms. The average Bonchev–Trinajstić information content (AvgIpc) is 2.56. The van der Waals surface area contributed by atoms with Crippen LogP contribution in [0.4, 0.5) is 0 Å². The first kappa shape index (κ1) is 9.92. The average molecular weight is 322 g/mol. The van der Waals surface area contributed by atoms with E-state index in [0.29, 0.717) is 20.6 Å². The molecule has 0 N–H and O–H groups in total. The van der Waals surface area contributed by atoms with Crippen molar-refractivity contribution in [1.29, 1.82) is 0 Å². The molecule has 0 aliphatic heterocycles. The first-order valence-corrected chi connectivity index (χ1v) is 5.48. The van der Waals surface area contributed by atoms with Crippen molar-refractivity contribution >= 4 is 51.1 Å². The van der Waals surface area contributed by atoms with E-state index in [2.05, 4.69) is 4.98 Å². The van der Waals surface area contributed by atoms with Crippen LogP contribution >= 0.6 is 34.2 Å². The maximum atomic E-state index is 11.4. The molecule has 0 saturated carbocycles. The fourth-order valence-corrected chi connectivity index (χ4v) is 1.84. The third-order valence-corrected chi connectivity index (χ3v) is 2.51. The van der Waals surface area contributed by atoms with E-state index in [0.717, 1.165) is 0 Å². The number of alkyl halides is 1. The van der Waals surface area contributed by atoms with Gasteiger partial charge in [-0.05, 0) is 12.1 Å². The van der Waals surface area contributed by atoms with E-state index in [1.807, 2.05) is 22.6 Å². The molecule has 0 unspecified atom stereocenters. The predicted molar refractivity (Wildman–Crippen MR) is 61.8 cm³/mol. The second-order valence-electron chi connectivity index (χ2n) is 2.68. The summed E-state index contributed by atoms with van der Waals surface area (Å²) in [6, 6.07) is 5.25. The number of Topliss-reactive ketones (excluding diaryl/α,β-unsaturated/α-hetero) is 1. The lowest BCUT2D eigenvalue weighted by Crippen LogP contribution is -1.99. The summed E-state index contributed by atoms with van der Waals surface area (Å²) < 4.78 is 5.84. The third kappa shape index (κ3) is 1.64. The molecule has 3 nitrogen and oxygen atoms in total. The lowest BCUT2D eigenvalue weighted by molar-refractivity contribution is 0.102. The number of carbonyl (C=O) groups excluding carboxylic acids is 1. The van der Waals surface area contributed by atoms with Gasteiger partial charge < -0.3 is 4.42 Å². The Balaban J connectivity index is 2.70. The molecule has 5 heteroatoms. The lowest BCUT2D eigenvalue weighted by atomic mass is 10.1. The Bertz CT molecular complexity index is 495. The monoisotopic (exact) mass is 321 g/mol. The van der Waals surface area contributed by atoms with E-state index < -0.39 is 0 Å². The molecule has 0 fully saturated rings. The zero-order chi connectivity index (χ0) is 10.1. The topological polar surface area (TPSA) is 43.1 Å². The van der Waals surface area contributed by atoms with E-state index in [1.165, 1.54) is 0 Å². The Hall–Kier alpha value is -0.620. The number of oxazole rings is 1. The van der Waals surface area contributed by atoms with E-state index in [9.17, 15) is 4.79 Å². The van der Waals surface area contributed by atoms with Crippen molar-refractivity contribution in [2.24, 2.45) is 0 Å². The predicted octanol–water partition coefficient (Wildman–Crippen LogP) is 2.85. The molecule has 0 radical (unpaired) electrons. The second-order valence-corrected chi connectivity index (χ2v) is 3.87. The number of carbonyl (C=O) groups is 1. The Morgan fingerprint density at radius 1 is 1.57 bits per heavy atom. The second kappa shape index (κ2) is 3.86. The molecule has 72 valence electrons. The fraction of sp³-hybridized carbons (Fsp3) is 0.111. The smallest absolute Gasteiger partial charge is 0.258 e. The molecular formula is C9H5ClINO2. The third-order valence-electron chi connectivity index (χ3n) is 1.81. The number of benzene rings is 1. The van der Waals surface area contributed by atoms with Crippen LogP contribution in [0, 0.1) is 3.90 Å². The number of rotatable bonds is 2. The zero-order valence-corrected chi connectivity index (χ0v) is 9.87. The Labute approximate surface area is 98.6 Å². The van der Waals surface area contributed by atoms with Crippen LogP contribution in [0.25, 0.3) is 11.1 Å². The van der Waals surface area contributed by atoms with E-state index in [1.54, 1.807) is 18.2 Å². The summed E-state index contributed by atoms with van der Waals surface area (Å²) in [5.74, 6) is -0.194. The van der Waals surface area contributed by atoms with E-state index >= 15 is 0 Å². The van der Waals surface area contributed by atoms with Crippen molar-refractivity contribution in [3.05, 3.63) is 27.7 Å². The summed E-state index contributed by atoms with van der Waals surface area (Å²) in [7, 11) is 0. The van der Waals surface area contributed by atoms with Crippen molar-refractivity contribution in [2.45, 2.75) is 0 Å². The summed E-state index contributed by atoms with van der Waals surface area (Å²) in [5, 5.41) is 0. The van der Waals surface area contributed by atoms with Crippen LogP contribution in [0.15, 0.2) is 22.6 Å². The van der Waals surface area contributed by atoms with Crippen LogP contribution < -0.4 is 0 Å². The summed E-state index contributed by atoms with van der Waals surface area (Å²) in [6.07, 6.45) is 0. The molecule has 1 aromatic carbocycles. The van der Waals surface area contributed by atoms with Gasteiger partial charge in [-0.25, -0.2) is 4.98 Å². The molecule has 0 atom stereocenters. The molecule has 1 heterocycles. The summed E-state index contributed by atoms with van der Waals surface area (Å²) in [5.41, 5.74) is 1.70. The van der Waals surface area contributed by atoms with Gasteiger partial charge in [0.05, 0.1) is 11.4 Å². The van der Waals surface area contributed by atoms with Crippen molar-refractivity contribution in [2.75, 3.05) is 5.88 Å². The van der Waals surface area contributed by atoms with Crippen molar-refractivity contribution in [3.63, 3.8) is 0 Å². The van der Waals surface area contributed by atoms with Crippen molar-refractivity contribution < 1.29 is 9.21 Å². The largest absolute Gasteiger partial charge is 0.431 e. The van der Waals surface area contributed by atoms with Gasteiger partial charge in [0.1, 0.15) is 5.52 Å². The highest BCUT2D eigenvalue weighted by molar-refractivity contribution is 14.1. The first-order chi connectivity index (χ1) is 6.72. The summed E-state index contributed by atoms with van der Waals surface area (Å²) in [6.45, 7) is 0. The van der Waals surface area contributed by atoms with Gasteiger partial charge in [-0.15, -0.1) is 11.6 Å². The maximum Gasteiger partial charge on any atom is 0.258 e. The Kier molecular flexibility index (Phi) is 2.73. The van der Waals surface area contributed by atoms with Gasteiger partial charge >= 0.3 is 0 Å². The molecule has 2 rings (SSSR count). The number of ketones is 1.